The summed E-state index contributed by atoms with van der Waals surface area (Å²) in [5.41, 5.74) is -0.979. The van der Waals surface area contributed by atoms with Crippen LogP contribution in [-0.4, -0.2) is 23.5 Å². The van der Waals surface area contributed by atoms with Crippen molar-refractivity contribution in [1.29, 1.82) is 0 Å². The van der Waals surface area contributed by atoms with E-state index in [1.54, 1.807) is 6.92 Å². The molecule has 0 saturated heterocycles. The average molecular weight is 340 g/mol. The van der Waals surface area contributed by atoms with Crippen molar-refractivity contribution in [2.75, 3.05) is 6.61 Å². The van der Waals surface area contributed by atoms with Gasteiger partial charge in [-0.15, -0.1) is 0 Å². The van der Waals surface area contributed by atoms with Crippen LogP contribution in [0.15, 0.2) is 47.4 Å². The molecule has 1 atom stereocenters. The van der Waals surface area contributed by atoms with Crippen LogP contribution >= 0.6 is 0 Å². The first-order valence-corrected chi connectivity index (χ1v) is 7.06. The number of hydrogen-bond acceptors (Lipinski definition) is 3. The summed E-state index contributed by atoms with van der Waals surface area (Å²) in [6.45, 7) is 1.46. The molecule has 2 aromatic rings. The first kappa shape index (κ1) is 17.6. The van der Waals surface area contributed by atoms with Crippen LogP contribution in [0, 0.1) is 0 Å². The minimum absolute atomic E-state index is 0.137. The number of pyridine rings is 1. The molecular weight excluding hydrogens is 325 g/mol. The van der Waals surface area contributed by atoms with Crippen molar-refractivity contribution in [3.8, 4) is 5.75 Å². The van der Waals surface area contributed by atoms with Gasteiger partial charge in [0.1, 0.15) is 12.4 Å². The second kappa shape index (κ2) is 7.20. The summed E-state index contributed by atoms with van der Waals surface area (Å²) >= 11 is 0. The molecule has 1 heterocycles. The molecule has 0 spiro atoms. The summed E-state index contributed by atoms with van der Waals surface area (Å²) in [7, 11) is 0. The fraction of sp³-hybridized carbons (Fsp3) is 0.250. The number of carbonyl (C=O) groups is 1. The maximum atomic E-state index is 12.9. The van der Waals surface area contributed by atoms with Crippen LogP contribution in [-0.2, 0) is 6.18 Å². The zero-order valence-corrected chi connectivity index (χ0v) is 12.7. The number of para-hydroxylation sites is 1. The zero-order chi connectivity index (χ0) is 17.7. The van der Waals surface area contributed by atoms with Gasteiger partial charge in [0.05, 0.1) is 17.2 Å². The topological polar surface area (TPSA) is 71.2 Å². The third-order valence-corrected chi connectivity index (χ3v) is 3.11. The highest BCUT2D eigenvalue weighted by molar-refractivity contribution is 5.93. The summed E-state index contributed by atoms with van der Waals surface area (Å²) in [5, 5.41) is 2.58. The summed E-state index contributed by atoms with van der Waals surface area (Å²) in [6, 6.07) is 6.88. The Kier molecular flexibility index (Phi) is 5.28. The van der Waals surface area contributed by atoms with Crippen molar-refractivity contribution in [3.63, 3.8) is 0 Å². The molecule has 0 aliphatic rings. The van der Waals surface area contributed by atoms with E-state index in [4.69, 9.17) is 4.74 Å². The van der Waals surface area contributed by atoms with E-state index in [9.17, 15) is 22.8 Å². The Hall–Kier alpha value is -2.77. The smallest absolute Gasteiger partial charge is 0.419 e. The molecule has 128 valence electrons. The lowest BCUT2D eigenvalue weighted by Crippen LogP contribution is -2.37. The first-order chi connectivity index (χ1) is 11.3. The van der Waals surface area contributed by atoms with E-state index in [1.807, 2.05) is 0 Å². The highest BCUT2D eigenvalue weighted by atomic mass is 19.4. The first-order valence-electron chi connectivity index (χ1n) is 7.06. The number of alkyl halides is 3. The number of halogens is 3. The van der Waals surface area contributed by atoms with Gasteiger partial charge in [-0.1, -0.05) is 12.1 Å². The molecule has 2 N–H and O–H groups in total. The van der Waals surface area contributed by atoms with Gasteiger partial charge in [-0.3, -0.25) is 9.59 Å². The van der Waals surface area contributed by atoms with Crippen molar-refractivity contribution in [3.05, 3.63) is 64.1 Å². The molecule has 8 heteroatoms. The summed E-state index contributed by atoms with van der Waals surface area (Å²) in [4.78, 5) is 25.2. The van der Waals surface area contributed by atoms with Crippen molar-refractivity contribution in [2.45, 2.75) is 19.1 Å². The number of hydrogen-bond donors (Lipinski definition) is 2. The van der Waals surface area contributed by atoms with Crippen molar-refractivity contribution < 1.29 is 22.7 Å². The lowest BCUT2D eigenvalue weighted by Gasteiger charge is -2.17. The summed E-state index contributed by atoms with van der Waals surface area (Å²) in [6.07, 6.45) is -3.26. The SMILES string of the molecule is C[C@H](COc1ccccc1C(F)(F)F)NC(=O)c1ccc(=O)[nH]c1. The Bertz CT molecular complexity index is 751. The van der Waals surface area contributed by atoms with E-state index in [1.165, 1.54) is 36.5 Å². The lowest BCUT2D eigenvalue weighted by atomic mass is 10.2. The Labute approximate surface area is 135 Å². The summed E-state index contributed by atoms with van der Waals surface area (Å²) in [5.74, 6) is -0.762. The predicted octanol–water partition coefficient (Wildman–Crippen LogP) is 2.59. The number of benzene rings is 1. The number of ether oxygens (including phenoxy) is 1. The third kappa shape index (κ3) is 4.61. The second-order valence-corrected chi connectivity index (χ2v) is 5.12. The third-order valence-electron chi connectivity index (χ3n) is 3.11. The van der Waals surface area contributed by atoms with Crippen LogP contribution in [0.1, 0.15) is 22.8 Å². The van der Waals surface area contributed by atoms with Gasteiger partial charge in [0.2, 0.25) is 5.56 Å². The van der Waals surface area contributed by atoms with E-state index >= 15 is 0 Å². The maximum absolute atomic E-state index is 12.9. The number of H-pyrrole nitrogens is 1. The Morgan fingerprint density at radius 2 is 1.96 bits per heavy atom. The minimum atomic E-state index is -4.51. The fourth-order valence-electron chi connectivity index (χ4n) is 1.94. The van der Waals surface area contributed by atoms with Gasteiger partial charge in [-0.2, -0.15) is 13.2 Å². The average Bonchev–Trinajstić information content (AvgIpc) is 2.53. The molecular formula is C16H15F3N2O3. The van der Waals surface area contributed by atoms with Crippen LogP contribution in [0.2, 0.25) is 0 Å². The molecule has 24 heavy (non-hydrogen) atoms. The minimum Gasteiger partial charge on any atom is -0.491 e. The number of rotatable bonds is 5. The Morgan fingerprint density at radius 3 is 2.58 bits per heavy atom. The van der Waals surface area contributed by atoms with Crippen molar-refractivity contribution in [1.82, 2.24) is 10.3 Å². The van der Waals surface area contributed by atoms with Gasteiger partial charge >= 0.3 is 6.18 Å². The lowest BCUT2D eigenvalue weighted by molar-refractivity contribution is -0.139. The molecule has 0 fully saturated rings. The van der Waals surface area contributed by atoms with Gasteiger partial charge in [0, 0.05) is 12.3 Å². The number of amides is 1. The second-order valence-electron chi connectivity index (χ2n) is 5.12. The quantitative estimate of drug-likeness (QED) is 0.879. The van der Waals surface area contributed by atoms with E-state index < -0.39 is 23.7 Å². The number of carbonyl (C=O) groups excluding carboxylic acids is 1. The van der Waals surface area contributed by atoms with Crippen LogP contribution in [0.5, 0.6) is 5.75 Å². The molecule has 1 aromatic carbocycles. The molecule has 5 nitrogen and oxygen atoms in total. The van der Waals surface area contributed by atoms with Gasteiger partial charge < -0.3 is 15.0 Å². The fourth-order valence-corrected chi connectivity index (χ4v) is 1.94. The molecule has 0 bridgehead atoms. The molecule has 2 rings (SSSR count). The van der Waals surface area contributed by atoms with E-state index in [0.717, 1.165) is 6.07 Å². The largest absolute Gasteiger partial charge is 0.491 e. The van der Waals surface area contributed by atoms with Gasteiger partial charge in [0.25, 0.3) is 5.91 Å². The van der Waals surface area contributed by atoms with Crippen LogP contribution < -0.4 is 15.6 Å². The molecule has 1 aromatic heterocycles. The monoisotopic (exact) mass is 340 g/mol. The van der Waals surface area contributed by atoms with Crippen molar-refractivity contribution >= 4 is 5.91 Å². The highest BCUT2D eigenvalue weighted by Crippen LogP contribution is 2.35. The molecule has 0 aliphatic heterocycles. The molecule has 0 saturated carbocycles. The van der Waals surface area contributed by atoms with E-state index in [0.29, 0.717) is 0 Å². The van der Waals surface area contributed by atoms with Gasteiger partial charge in [0.15, 0.2) is 0 Å². The highest BCUT2D eigenvalue weighted by Gasteiger charge is 2.34. The van der Waals surface area contributed by atoms with Crippen molar-refractivity contribution in [2.24, 2.45) is 0 Å². The maximum Gasteiger partial charge on any atom is 0.419 e. The number of nitrogens with one attached hydrogen (secondary N) is 2. The predicted molar refractivity (Wildman–Crippen MR) is 80.9 cm³/mol. The van der Waals surface area contributed by atoms with Crippen LogP contribution in [0.25, 0.3) is 0 Å². The van der Waals surface area contributed by atoms with Crippen LogP contribution in [0.4, 0.5) is 13.2 Å². The number of aromatic amines is 1. The van der Waals surface area contributed by atoms with Crippen LogP contribution in [0.3, 0.4) is 0 Å². The normalized spacial score (nSPS) is 12.5. The molecule has 0 aliphatic carbocycles. The van der Waals surface area contributed by atoms with Gasteiger partial charge in [-0.05, 0) is 25.1 Å². The molecule has 0 unspecified atom stereocenters. The molecule has 1 amide bonds. The molecule has 0 radical (unpaired) electrons. The van der Waals surface area contributed by atoms with E-state index in [-0.39, 0.29) is 23.5 Å². The van der Waals surface area contributed by atoms with E-state index in [2.05, 4.69) is 10.3 Å². The standard InChI is InChI=1S/C16H15F3N2O3/c1-10(21-15(23)11-6-7-14(22)20-8-11)9-24-13-5-3-2-4-12(13)16(17,18)19/h2-8,10H,9H2,1H3,(H,20,22)(H,21,23)/t10-/m1/s1. The Morgan fingerprint density at radius 1 is 1.25 bits per heavy atom. The summed E-state index contributed by atoms with van der Waals surface area (Å²) < 4.78 is 43.8. The number of aromatic nitrogens is 1. The zero-order valence-electron chi connectivity index (χ0n) is 12.7. The van der Waals surface area contributed by atoms with Gasteiger partial charge in [-0.25, -0.2) is 0 Å². The Balaban J connectivity index is 1.96.